The minimum absolute atomic E-state index is 0.204. The second kappa shape index (κ2) is 14.1. The third kappa shape index (κ3) is 6.22. The lowest BCUT2D eigenvalue weighted by atomic mass is 10.0. The van der Waals surface area contributed by atoms with E-state index in [9.17, 15) is 9.59 Å². The molecule has 3 atom stereocenters. The number of benzene rings is 4. The van der Waals surface area contributed by atoms with Crippen LogP contribution in [-0.4, -0.2) is 16.5 Å². The molecule has 0 spiro atoms. The molecular formula is C46H36NO5P. The van der Waals surface area contributed by atoms with Gasteiger partial charge in [-0.1, -0.05) is 124 Å². The molecule has 53 heavy (non-hydrogen) atoms. The predicted octanol–water partition coefficient (Wildman–Crippen LogP) is 10.1. The SMILES string of the molecule is C=CC(=O)Oc1c(P2Oc3ccccc3-c3ccccc32)cc(OC(=O)C=C)c2c1c1cc(C3=CC=CC(C)C=C3)ccc1n2C1=CC=CC(C)C=C1. The Labute approximate surface area is 309 Å². The fraction of sp³-hybridized carbons (Fsp3) is 0.0870. The number of ether oxygens (including phenoxy) is 2. The van der Waals surface area contributed by atoms with Gasteiger partial charge < -0.3 is 18.6 Å². The molecular weight excluding hydrogens is 677 g/mol. The van der Waals surface area contributed by atoms with Crippen molar-refractivity contribution in [2.45, 2.75) is 13.8 Å². The summed E-state index contributed by atoms with van der Waals surface area (Å²) in [4.78, 5) is 26.6. The van der Waals surface area contributed by atoms with Gasteiger partial charge in [0.2, 0.25) is 0 Å². The van der Waals surface area contributed by atoms with Crippen LogP contribution in [0.2, 0.25) is 0 Å². The first kappa shape index (κ1) is 33.9. The average molecular weight is 714 g/mol. The van der Waals surface area contributed by atoms with Crippen molar-refractivity contribution in [2.24, 2.45) is 11.8 Å². The van der Waals surface area contributed by atoms with Crippen molar-refractivity contribution in [1.29, 1.82) is 0 Å². The van der Waals surface area contributed by atoms with Gasteiger partial charge >= 0.3 is 11.9 Å². The van der Waals surface area contributed by atoms with E-state index in [0.29, 0.717) is 33.6 Å². The molecule has 0 saturated heterocycles. The van der Waals surface area contributed by atoms with E-state index in [4.69, 9.17) is 14.0 Å². The second-order valence-electron chi connectivity index (χ2n) is 13.1. The zero-order valence-electron chi connectivity index (χ0n) is 29.4. The van der Waals surface area contributed by atoms with Gasteiger partial charge in [0.15, 0.2) is 19.6 Å². The van der Waals surface area contributed by atoms with Crippen molar-refractivity contribution in [3.8, 4) is 28.4 Å². The summed E-state index contributed by atoms with van der Waals surface area (Å²) < 4.78 is 21.4. The Morgan fingerprint density at radius 1 is 0.774 bits per heavy atom. The zero-order chi connectivity index (χ0) is 36.6. The zero-order valence-corrected chi connectivity index (χ0v) is 30.3. The predicted molar refractivity (Wildman–Crippen MR) is 217 cm³/mol. The normalized spacial score (nSPS) is 18.6. The Balaban J connectivity index is 1.51. The maximum atomic E-state index is 13.4. The van der Waals surface area contributed by atoms with Crippen LogP contribution in [0.25, 0.3) is 44.2 Å². The molecule has 2 aliphatic carbocycles. The Morgan fingerprint density at radius 2 is 1.47 bits per heavy atom. The lowest BCUT2D eigenvalue weighted by Crippen LogP contribution is -2.24. The summed E-state index contributed by atoms with van der Waals surface area (Å²) in [5, 5.41) is 2.91. The second-order valence-corrected chi connectivity index (χ2v) is 14.8. The van der Waals surface area contributed by atoms with Crippen molar-refractivity contribution < 1.29 is 23.6 Å². The molecule has 3 aliphatic rings. The van der Waals surface area contributed by atoms with E-state index in [2.05, 4.69) is 104 Å². The molecule has 0 saturated carbocycles. The molecule has 5 aromatic rings. The van der Waals surface area contributed by atoms with E-state index in [1.165, 1.54) is 0 Å². The first-order valence-corrected chi connectivity index (χ1v) is 18.7. The van der Waals surface area contributed by atoms with E-state index in [-0.39, 0.29) is 11.7 Å². The molecule has 1 aliphatic heterocycles. The highest BCUT2D eigenvalue weighted by Crippen LogP contribution is 2.53. The van der Waals surface area contributed by atoms with Crippen molar-refractivity contribution in [3.05, 3.63) is 164 Å². The number of allylic oxidation sites excluding steroid dienone is 12. The van der Waals surface area contributed by atoms with Crippen LogP contribution in [0.4, 0.5) is 0 Å². The summed E-state index contributed by atoms with van der Waals surface area (Å²) in [5.74, 6) is 0.541. The number of carbonyl (C=O) groups is 2. The van der Waals surface area contributed by atoms with E-state index in [0.717, 1.165) is 56.3 Å². The molecule has 6 nitrogen and oxygen atoms in total. The Bertz CT molecular complexity index is 2560. The molecule has 0 fully saturated rings. The Hall–Kier alpha value is -6.23. The largest absolute Gasteiger partial charge is 0.464 e. The lowest BCUT2D eigenvalue weighted by molar-refractivity contribution is -0.129. The first-order chi connectivity index (χ1) is 25.8. The number of para-hydroxylation sites is 1. The van der Waals surface area contributed by atoms with Crippen LogP contribution in [0.15, 0.2) is 159 Å². The highest BCUT2D eigenvalue weighted by molar-refractivity contribution is 7.69. The maximum absolute atomic E-state index is 13.4. The van der Waals surface area contributed by atoms with Gasteiger partial charge in [-0.15, -0.1) is 0 Å². The number of hydrogen-bond donors (Lipinski definition) is 0. The first-order valence-electron chi connectivity index (χ1n) is 17.5. The topological polar surface area (TPSA) is 66.8 Å². The quantitative estimate of drug-likeness (QED) is 0.0727. The van der Waals surface area contributed by atoms with Crippen LogP contribution in [-0.2, 0) is 9.59 Å². The summed E-state index contributed by atoms with van der Waals surface area (Å²) in [5.41, 5.74) is 6.21. The van der Waals surface area contributed by atoms with Crippen molar-refractivity contribution in [1.82, 2.24) is 4.57 Å². The third-order valence-corrected chi connectivity index (χ3v) is 11.5. The van der Waals surface area contributed by atoms with Crippen LogP contribution in [0.1, 0.15) is 19.4 Å². The smallest absolute Gasteiger partial charge is 0.335 e. The number of aromatic nitrogens is 1. The van der Waals surface area contributed by atoms with Crippen LogP contribution in [0.3, 0.4) is 0 Å². The number of fused-ring (bicyclic) bond motifs is 6. The van der Waals surface area contributed by atoms with Crippen LogP contribution < -0.4 is 24.6 Å². The summed E-state index contributed by atoms with van der Waals surface area (Å²) in [6, 6.07) is 24.0. The summed E-state index contributed by atoms with van der Waals surface area (Å²) in [7, 11) is -1.65. The molecule has 8 rings (SSSR count). The molecule has 1 aromatic heterocycles. The van der Waals surface area contributed by atoms with E-state index in [1.807, 2.05) is 54.6 Å². The number of nitrogens with zero attached hydrogens (tertiary/aromatic N) is 1. The number of carbonyl (C=O) groups excluding carboxylic acids is 2. The van der Waals surface area contributed by atoms with Gasteiger partial charge in [-0.2, -0.15) is 0 Å². The van der Waals surface area contributed by atoms with Gasteiger partial charge in [-0.3, -0.25) is 0 Å². The molecule has 4 aromatic carbocycles. The van der Waals surface area contributed by atoms with Gasteiger partial charge in [-0.05, 0) is 65.0 Å². The van der Waals surface area contributed by atoms with Gasteiger partial charge in [0.05, 0.1) is 16.2 Å². The standard InChI is InChI=1S/C46H36NO5P/c1-5-42(48)50-39-28-41(53-40-20-10-8-18-35(40)34-17-7-9-19-38(34)52-53)46(51-43(49)6-2)44-36-27-32(31-15-11-13-29(3)21-23-31)24-26-37(36)47(45(39)44)33-16-12-14-30(4)22-25-33/h5-30H,1-2H2,3-4H3. The van der Waals surface area contributed by atoms with Crippen molar-refractivity contribution in [3.63, 3.8) is 0 Å². The van der Waals surface area contributed by atoms with E-state index in [1.54, 1.807) is 6.07 Å². The highest BCUT2D eigenvalue weighted by atomic mass is 31.1. The summed E-state index contributed by atoms with van der Waals surface area (Å²) in [6.07, 6.45) is 23.2. The van der Waals surface area contributed by atoms with Crippen molar-refractivity contribution in [2.75, 3.05) is 0 Å². The van der Waals surface area contributed by atoms with Gasteiger partial charge in [0, 0.05) is 34.1 Å². The Kier molecular flexibility index (Phi) is 8.99. The third-order valence-electron chi connectivity index (χ3n) is 9.50. The van der Waals surface area contributed by atoms with Crippen LogP contribution in [0, 0.1) is 11.8 Å². The number of rotatable bonds is 7. The minimum atomic E-state index is -1.65. The fourth-order valence-electron chi connectivity index (χ4n) is 6.94. The van der Waals surface area contributed by atoms with Crippen molar-refractivity contribution >= 4 is 63.8 Å². The van der Waals surface area contributed by atoms with Crippen LogP contribution >= 0.6 is 8.15 Å². The molecule has 0 N–H and O–H groups in total. The number of esters is 2. The average Bonchev–Trinajstić information content (AvgIpc) is 3.28. The Morgan fingerprint density at radius 3 is 2.26 bits per heavy atom. The fourth-order valence-corrected chi connectivity index (χ4v) is 8.96. The van der Waals surface area contributed by atoms with E-state index >= 15 is 0 Å². The van der Waals surface area contributed by atoms with E-state index < -0.39 is 20.1 Å². The molecule has 2 heterocycles. The molecule has 260 valence electrons. The lowest BCUT2D eigenvalue weighted by Gasteiger charge is -2.29. The van der Waals surface area contributed by atoms with Gasteiger partial charge in [0.1, 0.15) is 11.3 Å². The highest BCUT2D eigenvalue weighted by Gasteiger charge is 2.35. The van der Waals surface area contributed by atoms with Gasteiger partial charge in [0.25, 0.3) is 0 Å². The van der Waals surface area contributed by atoms with Gasteiger partial charge in [-0.25, -0.2) is 9.59 Å². The minimum Gasteiger partial charge on any atom is -0.464 e. The molecule has 3 unspecified atom stereocenters. The summed E-state index contributed by atoms with van der Waals surface area (Å²) in [6.45, 7) is 11.7. The maximum Gasteiger partial charge on any atom is 0.335 e. The monoisotopic (exact) mass is 713 g/mol. The van der Waals surface area contributed by atoms with Crippen LogP contribution in [0.5, 0.6) is 17.2 Å². The molecule has 0 bridgehead atoms. The molecule has 0 radical (unpaired) electrons. The molecule has 7 heteroatoms. The summed E-state index contributed by atoms with van der Waals surface area (Å²) >= 11 is 0. The molecule has 0 amide bonds. The number of hydrogen-bond acceptors (Lipinski definition) is 5.